The van der Waals surface area contributed by atoms with Crippen molar-refractivity contribution < 1.29 is 0 Å². The average molecular weight is 357 g/mol. The van der Waals surface area contributed by atoms with E-state index in [0.717, 1.165) is 25.3 Å². The van der Waals surface area contributed by atoms with Gasteiger partial charge in [-0.2, -0.15) is 5.10 Å². The van der Waals surface area contributed by atoms with Crippen LogP contribution in [0.1, 0.15) is 26.7 Å². The Morgan fingerprint density at radius 3 is 2.95 bits per heavy atom. The predicted molar refractivity (Wildman–Crippen MR) is 89.9 cm³/mol. The van der Waals surface area contributed by atoms with Crippen LogP contribution < -0.4 is 15.8 Å². The van der Waals surface area contributed by atoms with Gasteiger partial charge in [-0.05, 0) is 53.7 Å². The van der Waals surface area contributed by atoms with Crippen LogP contribution in [-0.4, -0.2) is 36.5 Å². The molecule has 1 aliphatic heterocycles. The van der Waals surface area contributed by atoms with E-state index in [0.29, 0.717) is 22.9 Å². The second kappa shape index (κ2) is 7.40. The third-order valence-corrected chi connectivity index (χ3v) is 4.59. The molecule has 1 aromatic rings. The molecule has 0 aromatic carbocycles. The summed E-state index contributed by atoms with van der Waals surface area (Å²) in [7, 11) is 2.03. The molecule has 5 nitrogen and oxygen atoms in total. The minimum absolute atomic E-state index is 0.0465. The lowest BCUT2D eigenvalue weighted by atomic mass is 9.99. The highest BCUT2D eigenvalue weighted by Gasteiger charge is 2.18. The van der Waals surface area contributed by atoms with E-state index in [-0.39, 0.29) is 5.56 Å². The van der Waals surface area contributed by atoms with Gasteiger partial charge in [-0.3, -0.25) is 4.79 Å². The zero-order valence-corrected chi connectivity index (χ0v) is 14.7. The second-order valence-corrected chi connectivity index (χ2v) is 7.11. The number of halogens is 1. The van der Waals surface area contributed by atoms with Gasteiger partial charge in [-0.25, -0.2) is 4.68 Å². The Balaban J connectivity index is 2.12. The lowest BCUT2D eigenvalue weighted by molar-refractivity contribution is 0.380. The highest BCUT2D eigenvalue weighted by molar-refractivity contribution is 9.10. The largest absolute Gasteiger partial charge is 0.372 e. The first-order valence-corrected chi connectivity index (χ1v) is 8.45. The van der Waals surface area contributed by atoms with Crippen LogP contribution in [-0.2, 0) is 6.54 Å². The molecule has 0 amide bonds. The molecule has 21 heavy (non-hydrogen) atoms. The summed E-state index contributed by atoms with van der Waals surface area (Å²) in [6.45, 7) is 7.93. The van der Waals surface area contributed by atoms with E-state index >= 15 is 0 Å². The van der Waals surface area contributed by atoms with Crippen LogP contribution in [0.15, 0.2) is 15.5 Å². The molecule has 118 valence electrons. The summed E-state index contributed by atoms with van der Waals surface area (Å²) >= 11 is 3.46. The number of anilines is 1. The molecule has 0 bridgehead atoms. The lowest BCUT2D eigenvalue weighted by Crippen LogP contribution is -2.37. The number of rotatable bonds is 5. The fourth-order valence-electron chi connectivity index (χ4n) is 2.76. The van der Waals surface area contributed by atoms with Crippen LogP contribution in [0, 0.1) is 11.8 Å². The standard InChI is InChI=1S/C15H25BrN4O/c1-11(2)9-20-15(21)14(16)13(8-18-20)19(3)10-12-5-4-6-17-7-12/h8,11-12,17H,4-7,9-10H2,1-3H3. The van der Waals surface area contributed by atoms with Gasteiger partial charge >= 0.3 is 0 Å². The first kappa shape index (κ1) is 16.5. The van der Waals surface area contributed by atoms with Gasteiger partial charge in [0.15, 0.2) is 0 Å². The van der Waals surface area contributed by atoms with Crippen molar-refractivity contribution in [1.29, 1.82) is 0 Å². The minimum atomic E-state index is -0.0465. The quantitative estimate of drug-likeness (QED) is 0.877. The van der Waals surface area contributed by atoms with Crippen LogP contribution in [0.4, 0.5) is 5.69 Å². The van der Waals surface area contributed by atoms with Crippen molar-refractivity contribution in [2.24, 2.45) is 11.8 Å². The number of aromatic nitrogens is 2. The fourth-order valence-corrected chi connectivity index (χ4v) is 3.37. The van der Waals surface area contributed by atoms with Crippen molar-refractivity contribution in [2.75, 3.05) is 31.6 Å². The van der Waals surface area contributed by atoms with E-state index in [2.05, 4.69) is 45.1 Å². The summed E-state index contributed by atoms with van der Waals surface area (Å²) in [5.74, 6) is 1.03. The Hall–Kier alpha value is -0.880. The van der Waals surface area contributed by atoms with Crippen LogP contribution in [0.2, 0.25) is 0 Å². The Bertz CT molecular complexity index is 523. The van der Waals surface area contributed by atoms with Crippen molar-refractivity contribution in [3.05, 3.63) is 21.0 Å². The topological polar surface area (TPSA) is 50.2 Å². The summed E-state index contributed by atoms with van der Waals surface area (Å²) < 4.78 is 2.15. The van der Waals surface area contributed by atoms with Crippen LogP contribution >= 0.6 is 15.9 Å². The molecule has 0 aliphatic carbocycles. The molecule has 1 N–H and O–H groups in total. The highest BCUT2D eigenvalue weighted by Crippen LogP contribution is 2.22. The summed E-state index contributed by atoms with van der Waals surface area (Å²) in [6.07, 6.45) is 4.27. The number of nitrogens with one attached hydrogen (secondary N) is 1. The van der Waals surface area contributed by atoms with Crippen molar-refractivity contribution in [3.8, 4) is 0 Å². The predicted octanol–water partition coefficient (Wildman–Crippen LogP) is 2.10. The molecule has 1 fully saturated rings. The van der Waals surface area contributed by atoms with Gasteiger partial charge in [0.05, 0.1) is 11.9 Å². The molecule has 1 aromatic heterocycles. The molecule has 6 heteroatoms. The molecule has 0 saturated carbocycles. The minimum Gasteiger partial charge on any atom is -0.372 e. The third kappa shape index (κ3) is 4.30. The second-order valence-electron chi connectivity index (χ2n) is 6.32. The number of piperidine rings is 1. The molecule has 1 saturated heterocycles. The Labute approximate surface area is 134 Å². The zero-order chi connectivity index (χ0) is 15.4. The van der Waals surface area contributed by atoms with E-state index in [1.165, 1.54) is 17.5 Å². The Morgan fingerprint density at radius 2 is 2.33 bits per heavy atom. The molecule has 0 radical (unpaired) electrons. The lowest BCUT2D eigenvalue weighted by Gasteiger charge is -2.29. The number of hydrogen-bond donors (Lipinski definition) is 1. The fraction of sp³-hybridized carbons (Fsp3) is 0.733. The maximum absolute atomic E-state index is 12.3. The van der Waals surface area contributed by atoms with Gasteiger partial charge in [-0.1, -0.05) is 13.8 Å². The third-order valence-electron chi connectivity index (χ3n) is 3.85. The maximum Gasteiger partial charge on any atom is 0.283 e. The van der Waals surface area contributed by atoms with Crippen LogP contribution in [0.5, 0.6) is 0 Å². The van der Waals surface area contributed by atoms with Crippen molar-refractivity contribution in [2.45, 2.75) is 33.2 Å². The summed E-state index contributed by atoms with van der Waals surface area (Å²) in [6, 6.07) is 0. The highest BCUT2D eigenvalue weighted by atomic mass is 79.9. The maximum atomic E-state index is 12.3. The number of hydrogen-bond acceptors (Lipinski definition) is 4. The molecular formula is C15H25BrN4O. The van der Waals surface area contributed by atoms with Gasteiger partial charge in [-0.15, -0.1) is 0 Å². The van der Waals surface area contributed by atoms with E-state index in [1.54, 1.807) is 6.20 Å². The summed E-state index contributed by atoms with van der Waals surface area (Å²) in [5, 5.41) is 7.74. The molecule has 1 atom stereocenters. The van der Waals surface area contributed by atoms with Crippen molar-refractivity contribution in [3.63, 3.8) is 0 Å². The molecular weight excluding hydrogens is 332 g/mol. The monoisotopic (exact) mass is 356 g/mol. The van der Waals surface area contributed by atoms with Crippen molar-refractivity contribution in [1.82, 2.24) is 15.1 Å². The molecule has 1 aliphatic rings. The number of nitrogens with zero attached hydrogens (tertiary/aromatic N) is 3. The van der Waals surface area contributed by atoms with Gasteiger partial charge in [0, 0.05) is 20.1 Å². The summed E-state index contributed by atoms with van der Waals surface area (Å²) in [4.78, 5) is 14.5. The van der Waals surface area contributed by atoms with Crippen LogP contribution in [0.3, 0.4) is 0 Å². The van der Waals surface area contributed by atoms with E-state index in [4.69, 9.17) is 0 Å². The molecule has 2 heterocycles. The first-order chi connectivity index (χ1) is 9.99. The molecule has 0 spiro atoms. The van der Waals surface area contributed by atoms with Crippen LogP contribution in [0.25, 0.3) is 0 Å². The molecule has 2 rings (SSSR count). The van der Waals surface area contributed by atoms with Crippen molar-refractivity contribution >= 4 is 21.6 Å². The van der Waals surface area contributed by atoms with E-state index < -0.39 is 0 Å². The van der Waals surface area contributed by atoms with Gasteiger partial charge in [0.2, 0.25) is 0 Å². The van der Waals surface area contributed by atoms with E-state index in [9.17, 15) is 4.79 Å². The van der Waals surface area contributed by atoms with E-state index in [1.807, 2.05) is 7.05 Å². The smallest absolute Gasteiger partial charge is 0.283 e. The van der Waals surface area contributed by atoms with Gasteiger partial charge in [0.25, 0.3) is 5.56 Å². The normalized spacial score (nSPS) is 19.0. The first-order valence-electron chi connectivity index (χ1n) is 7.66. The average Bonchev–Trinajstić information content (AvgIpc) is 2.44. The zero-order valence-electron chi connectivity index (χ0n) is 13.1. The Morgan fingerprint density at radius 1 is 1.57 bits per heavy atom. The SMILES string of the molecule is CC(C)Cn1ncc(N(C)CC2CCCNC2)c(Br)c1=O. The Kier molecular flexibility index (Phi) is 5.81. The molecule has 1 unspecified atom stereocenters. The van der Waals surface area contributed by atoms with Gasteiger partial charge in [0.1, 0.15) is 4.47 Å². The summed E-state index contributed by atoms with van der Waals surface area (Å²) in [5.41, 5.74) is 0.834. The van der Waals surface area contributed by atoms with Gasteiger partial charge < -0.3 is 10.2 Å².